The Morgan fingerprint density at radius 2 is 1.50 bits per heavy atom. The Hall–Kier alpha value is -3.35. The molecule has 0 spiro atoms. The van der Waals surface area contributed by atoms with Gasteiger partial charge < -0.3 is 20.5 Å². The molecule has 32 heavy (non-hydrogen) atoms. The van der Waals surface area contributed by atoms with Gasteiger partial charge in [-0.15, -0.1) is 0 Å². The van der Waals surface area contributed by atoms with Crippen LogP contribution in [-0.4, -0.2) is 41.8 Å². The van der Waals surface area contributed by atoms with Crippen LogP contribution in [0, 0.1) is 5.92 Å². The number of carboxylic acid groups (broad SMARTS) is 1. The second-order valence-corrected chi connectivity index (χ2v) is 8.66. The number of hydrogen-bond acceptors (Lipinski definition) is 4. The van der Waals surface area contributed by atoms with Crippen LogP contribution in [0.1, 0.15) is 50.7 Å². The molecule has 1 aliphatic rings. The van der Waals surface area contributed by atoms with Gasteiger partial charge in [-0.1, -0.05) is 62.4 Å². The first-order valence-corrected chi connectivity index (χ1v) is 10.9. The molecule has 7 nitrogen and oxygen atoms in total. The van der Waals surface area contributed by atoms with Crippen molar-refractivity contribution in [2.75, 3.05) is 6.61 Å². The molecule has 0 heterocycles. The summed E-state index contributed by atoms with van der Waals surface area (Å²) in [5.74, 6) is -1.40. The average molecular weight is 439 g/mol. The summed E-state index contributed by atoms with van der Waals surface area (Å²) >= 11 is 0. The van der Waals surface area contributed by atoms with Gasteiger partial charge in [0.25, 0.3) is 0 Å². The zero-order chi connectivity index (χ0) is 23.3. The Labute approximate surface area is 188 Å². The van der Waals surface area contributed by atoms with Crippen molar-refractivity contribution in [2.45, 2.75) is 51.6 Å². The van der Waals surface area contributed by atoms with Gasteiger partial charge in [-0.05, 0) is 41.5 Å². The lowest BCUT2D eigenvalue weighted by Crippen LogP contribution is -2.44. The van der Waals surface area contributed by atoms with Crippen molar-refractivity contribution in [3.63, 3.8) is 0 Å². The number of carboxylic acids is 1. The van der Waals surface area contributed by atoms with Gasteiger partial charge in [0.1, 0.15) is 12.6 Å². The lowest BCUT2D eigenvalue weighted by Gasteiger charge is -2.19. The van der Waals surface area contributed by atoms with E-state index in [1.807, 2.05) is 50.2 Å². The highest BCUT2D eigenvalue weighted by Gasteiger charge is 2.29. The van der Waals surface area contributed by atoms with E-state index in [1.165, 1.54) is 0 Å². The summed E-state index contributed by atoms with van der Waals surface area (Å²) in [4.78, 5) is 35.9. The van der Waals surface area contributed by atoms with Crippen molar-refractivity contribution in [3.8, 4) is 11.1 Å². The monoisotopic (exact) mass is 438 g/mol. The Morgan fingerprint density at radius 1 is 0.938 bits per heavy atom. The van der Waals surface area contributed by atoms with Gasteiger partial charge in [0.2, 0.25) is 5.91 Å². The average Bonchev–Trinajstić information content (AvgIpc) is 3.05. The zero-order valence-electron chi connectivity index (χ0n) is 18.6. The first kappa shape index (κ1) is 23.3. The maximum atomic E-state index is 12.3. The third-order valence-corrected chi connectivity index (χ3v) is 5.54. The van der Waals surface area contributed by atoms with Crippen molar-refractivity contribution in [3.05, 3.63) is 59.7 Å². The summed E-state index contributed by atoms with van der Waals surface area (Å²) in [5, 5.41) is 14.4. The van der Waals surface area contributed by atoms with Crippen LogP contribution in [0.15, 0.2) is 48.5 Å². The van der Waals surface area contributed by atoms with Crippen molar-refractivity contribution in [1.29, 1.82) is 0 Å². The summed E-state index contributed by atoms with van der Waals surface area (Å²) < 4.78 is 5.49. The molecule has 170 valence electrons. The summed E-state index contributed by atoms with van der Waals surface area (Å²) in [5.41, 5.74) is 4.55. The maximum absolute atomic E-state index is 12.3. The minimum atomic E-state index is -1.07. The smallest absolute Gasteiger partial charge is 0.407 e. The predicted molar refractivity (Wildman–Crippen MR) is 121 cm³/mol. The number of nitrogens with one attached hydrogen (secondary N) is 2. The van der Waals surface area contributed by atoms with Crippen LogP contribution >= 0.6 is 0 Å². The van der Waals surface area contributed by atoms with Gasteiger partial charge in [-0.2, -0.15) is 0 Å². The van der Waals surface area contributed by atoms with E-state index in [2.05, 4.69) is 22.8 Å². The van der Waals surface area contributed by atoms with Crippen LogP contribution in [-0.2, 0) is 14.3 Å². The molecule has 7 heteroatoms. The van der Waals surface area contributed by atoms with E-state index in [0.717, 1.165) is 22.3 Å². The van der Waals surface area contributed by atoms with Crippen LogP contribution in [0.5, 0.6) is 0 Å². The molecule has 2 amide bonds. The summed E-state index contributed by atoms with van der Waals surface area (Å²) in [7, 11) is 0. The zero-order valence-corrected chi connectivity index (χ0v) is 18.6. The number of rotatable bonds is 9. The first-order valence-electron chi connectivity index (χ1n) is 10.9. The third kappa shape index (κ3) is 5.66. The number of ether oxygens (including phenoxy) is 1. The van der Waals surface area contributed by atoms with E-state index in [4.69, 9.17) is 4.74 Å². The fourth-order valence-corrected chi connectivity index (χ4v) is 4.12. The Balaban J connectivity index is 1.52. The second kappa shape index (κ2) is 10.3. The fraction of sp³-hybridized carbons (Fsp3) is 0.400. The molecule has 0 unspecified atom stereocenters. The minimum absolute atomic E-state index is 0.0356. The molecular weight excluding hydrogens is 408 g/mol. The van der Waals surface area contributed by atoms with Gasteiger partial charge in [-0.25, -0.2) is 9.59 Å². The maximum Gasteiger partial charge on any atom is 0.407 e. The molecule has 0 bridgehead atoms. The Kier molecular flexibility index (Phi) is 7.51. The largest absolute Gasteiger partial charge is 0.480 e. The van der Waals surface area contributed by atoms with Gasteiger partial charge in [0, 0.05) is 18.4 Å². The van der Waals surface area contributed by atoms with Crippen LogP contribution in [0.25, 0.3) is 11.1 Å². The number of alkyl carbamates (subject to hydrolysis) is 1. The highest BCUT2D eigenvalue weighted by Crippen LogP contribution is 2.44. The molecule has 3 N–H and O–H groups in total. The molecule has 0 radical (unpaired) electrons. The number of amides is 2. The lowest BCUT2D eigenvalue weighted by atomic mass is 9.98. The van der Waals surface area contributed by atoms with E-state index in [9.17, 15) is 19.5 Å². The molecule has 0 fully saturated rings. The van der Waals surface area contributed by atoms with E-state index < -0.39 is 30.1 Å². The van der Waals surface area contributed by atoms with Gasteiger partial charge in [0.15, 0.2) is 0 Å². The van der Waals surface area contributed by atoms with E-state index in [0.29, 0.717) is 6.42 Å². The van der Waals surface area contributed by atoms with E-state index in [-0.39, 0.29) is 24.9 Å². The van der Waals surface area contributed by atoms with Crippen molar-refractivity contribution >= 4 is 18.0 Å². The molecule has 2 aromatic rings. The van der Waals surface area contributed by atoms with Crippen LogP contribution < -0.4 is 10.6 Å². The molecule has 0 aromatic heterocycles. The molecule has 0 saturated carbocycles. The minimum Gasteiger partial charge on any atom is -0.480 e. The lowest BCUT2D eigenvalue weighted by molar-refractivity contribution is -0.142. The van der Waals surface area contributed by atoms with Gasteiger partial charge >= 0.3 is 12.1 Å². The quantitative estimate of drug-likeness (QED) is 0.550. The van der Waals surface area contributed by atoms with Crippen LogP contribution in [0.4, 0.5) is 4.79 Å². The van der Waals surface area contributed by atoms with E-state index >= 15 is 0 Å². The molecular formula is C25H30N2O5. The normalized spacial score (nSPS) is 14.2. The molecule has 2 atom stereocenters. The topological polar surface area (TPSA) is 105 Å². The van der Waals surface area contributed by atoms with Gasteiger partial charge in [-0.3, -0.25) is 4.79 Å². The van der Waals surface area contributed by atoms with Crippen molar-refractivity contribution in [2.24, 2.45) is 5.92 Å². The number of benzene rings is 2. The van der Waals surface area contributed by atoms with Crippen LogP contribution in [0.2, 0.25) is 0 Å². The number of aliphatic carboxylic acids is 1. The number of carbonyl (C=O) groups excluding carboxylic acids is 2. The third-order valence-electron chi connectivity index (χ3n) is 5.54. The van der Waals surface area contributed by atoms with Crippen molar-refractivity contribution < 1.29 is 24.2 Å². The predicted octanol–water partition coefficient (Wildman–Crippen LogP) is 3.92. The highest BCUT2D eigenvalue weighted by atomic mass is 16.5. The van der Waals surface area contributed by atoms with Crippen LogP contribution in [0.3, 0.4) is 0 Å². The second-order valence-electron chi connectivity index (χ2n) is 8.66. The van der Waals surface area contributed by atoms with Crippen molar-refractivity contribution in [1.82, 2.24) is 10.6 Å². The molecule has 3 rings (SSSR count). The summed E-state index contributed by atoms with van der Waals surface area (Å²) in [6.45, 7) is 5.65. The highest BCUT2D eigenvalue weighted by molar-refractivity contribution is 5.84. The molecule has 0 saturated heterocycles. The SMILES string of the molecule is CC(C)C[C@H](NC(=O)C[C@H](C)NC(=O)OCC1c2ccccc2-c2ccccc21)C(=O)O. The fourth-order valence-electron chi connectivity index (χ4n) is 4.12. The Morgan fingerprint density at radius 3 is 2.03 bits per heavy atom. The Bertz CT molecular complexity index is 942. The molecule has 2 aromatic carbocycles. The summed E-state index contributed by atoms with van der Waals surface area (Å²) in [6.07, 6.45) is -0.300. The summed E-state index contributed by atoms with van der Waals surface area (Å²) in [6, 6.07) is 14.7. The van der Waals surface area contributed by atoms with Gasteiger partial charge in [0.05, 0.1) is 0 Å². The number of carbonyl (C=O) groups is 3. The number of fused-ring (bicyclic) bond motifs is 3. The molecule has 1 aliphatic carbocycles. The first-order chi connectivity index (χ1) is 15.3. The standard InChI is InChI=1S/C25H30N2O5/c1-15(2)12-22(24(29)30)27-23(28)13-16(3)26-25(31)32-14-21-19-10-6-4-8-17(19)18-9-5-7-11-20(18)21/h4-11,15-16,21-22H,12-14H2,1-3H3,(H,26,31)(H,27,28)(H,29,30)/t16-,22-/m0/s1. The number of hydrogen-bond donors (Lipinski definition) is 3. The molecule has 0 aliphatic heterocycles. The van der Waals surface area contributed by atoms with E-state index in [1.54, 1.807) is 6.92 Å².